The molecule has 118 valence electrons. The average Bonchev–Trinajstić information content (AvgIpc) is 2.96. The molecule has 20 heavy (non-hydrogen) atoms. The third kappa shape index (κ3) is 3.85. The van der Waals surface area contributed by atoms with E-state index in [1.54, 1.807) is 0 Å². The first-order valence-electron chi connectivity index (χ1n) is 6.32. The lowest BCUT2D eigenvalue weighted by Crippen LogP contribution is -2.63. The molecule has 9 nitrogen and oxygen atoms in total. The number of carbonyl (C=O) groups is 1. The zero-order valence-electron chi connectivity index (χ0n) is 10.7. The molecular formula is C11H21NO8. The van der Waals surface area contributed by atoms with Crippen LogP contribution in [0.5, 0.6) is 0 Å². The van der Waals surface area contributed by atoms with E-state index >= 15 is 0 Å². The van der Waals surface area contributed by atoms with Crippen molar-refractivity contribution >= 4 is 5.97 Å². The van der Waals surface area contributed by atoms with Crippen molar-refractivity contribution < 1.29 is 40.5 Å². The molecule has 1 saturated carbocycles. The number of rotatable bonds is 1. The molecule has 0 amide bonds. The van der Waals surface area contributed by atoms with Crippen molar-refractivity contribution in [2.45, 2.75) is 55.5 Å². The lowest BCUT2D eigenvalue weighted by molar-refractivity contribution is -0.223. The highest BCUT2D eigenvalue weighted by molar-refractivity contribution is 5.73. The molecule has 8 N–H and O–H groups in total. The van der Waals surface area contributed by atoms with Gasteiger partial charge >= 0.3 is 5.97 Å². The zero-order chi connectivity index (χ0) is 15.4. The maximum atomic E-state index is 10.1. The Morgan fingerprint density at radius 2 is 1.15 bits per heavy atom. The Morgan fingerprint density at radius 1 is 0.800 bits per heavy atom. The zero-order valence-corrected chi connectivity index (χ0v) is 10.7. The summed E-state index contributed by atoms with van der Waals surface area (Å²) in [7, 11) is 0. The van der Waals surface area contributed by atoms with Crippen LogP contribution in [0.4, 0.5) is 0 Å². The summed E-state index contributed by atoms with van der Waals surface area (Å²) in [6.45, 7) is 0.858. The predicted octanol–water partition coefficient (Wildman–Crippen LogP) is -4.01. The molecule has 1 unspecified atom stereocenters. The van der Waals surface area contributed by atoms with Crippen LogP contribution in [0, 0.1) is 0 Å². The number of aliphatic hydroxyl groups excluding tert-OH is 6. The second kappa shape index (κ2) is 7.27. The van der Waals surface area contributed by atoms with Gasteiger partial charge < -0.3 is 41.1 Å². The maximum absolute atomic E-state index is 10.1. The number of nitrogens with one attached hydrogen (secondary N) is 1. The van der Waals surface area contributed by atoms with Crippen molar-refractivity contribution in [1.29, 1.82) is 0 Å². The second-order valence-electron chi connectivity index (χ2n) is 4.93. The fourth-order valence-electron chi connectivity index (χ4n) is 2.11. The molecule has 1 heterocycles. The van der Waals surface area contributed by atoms with E-state index in [0.29, 0.717) is 0 Å². The minimum Gasteiger partial charge on any atom is -0.480 e. The van der Waals surface area contributed by atoms with Crippen LogP contribution in [0.3, 0.4) is 0 Å². The predicted molar refractivity (Wildman–Crippen MR) is 64.7 cm³/mol. The van der Waals surface area contributed by atoms with E-state index in [4.69, 9.17) is 35.7 Å². The number of hydrogen-bond acceptors (Lipinski definition) is 8. The van der Waals surface area contributed by atoms with Crippen LogP contribution < -0.4 is 5.32 Å². The van der Waals surface area contributed by atoms with Crippen LogP contribution in [0.25, 0.3) is 0 Å². The van der Waals surface area contributed by atoms with E-state index in [0.717, 1.165) is 19.4 Å². The first-order valence-corrected chi connectivity index (χ1v) is 6.32. The molecule has 1 aliphatic heterocycles. The van der Waals surface area contributed by atoms with Gasteiger partial charge in [-0.1, -0.05) is 0 Å². The van der Waals surface area contributed by atoms with Crippen molar-refractivity contribution in [3.05, 3.63) is 0 Å². The van der Waals surface area contributed by atoms with Gasteiger partial charge in [-0.15, -0.1) is 0 Å². The number of hydrogen-bond donors (Lipinski definition) is 8. The van der Waals surface area contributed by atoms with Gasteiger partial charge in [0.15, 0.2) is 0 Å². The van der Waals surface area contributed by atoms with Gasteiger partial charge in [0.1, 0.15) is 42.7 Å². The van der Waals surface area contributed by atoms with Crippen LogP contribution in [-0.4, -0.2) is 90.9 Å². The largest absolute Gasteiger partial charge is 0.480 e. The minimum absolute atomic E-state index is 0.269. The number of carboxylic acids is 1. The fraction of sp³-hybridized carbons (Fsp3) is 0.909. The Labute approximate surface area is 115 Å². The van der Waals surface area contributed by atoms with Gasteiger partial charge in [-0.2, -0.15) is 0 Å². The highest BCUT2D eigenvalue weighted by atomic mass is 16.4. The highest BCUT2D eigenvalue weighted by Gasteiger charge is 2.47. The summed E-state index contributed by atoms with van der Waals surface area (Å²) in [6.07, 6.45) is -8.06. The Balaban J connectivity index is 0.000000217. The van der Waals surface area contributed by atoms with Crippen molar-refractivity contribution in [2.24, 2.45) is 0 Å². The quantitative estimate of drug-likeness (QED) is 0.240. The van der Waals surface area contributed by atoms with Gasteiger partial charge in [-0.25, -0.2) is 0 Å². The van der Waals surface area contributed by atoms with Crippen LogP contribution in [0.15, 0.2) is 0 Å². The molecule has 1 atom stereocenters. The first kappa shape index (κ1) is 17.2. The summed E-state index contributed by atoms with van der Waals surface area (Å²) in [6, 6.07) is -0.269. The van der Waals surface area contributed by atoms with Crippen LogP contribution in [0.1, 0.15) is 12.8 Å². The molecule has 2 rings (SSSR count). The van der Waals surface area contributed by atoms with E-state index in [1.807, 2.05) is 0 Å². The second-order valence-corrected chi connectivity index (χ2v) is 4.93. The van der Waals surface area contributed by atoms with E-state index < -0.39 is 42.6 Å². The van der Waals surface area contributed by atoms with E-state index in [2.05, 4.69) is 5.32 Å². The highest BCUT2D eigenvalue weighted by Crippen LogP contribution is 2.20. The van der Waals surface area contributed by atoms with Crippen LogP contribution >= 0.6 is 0 Å². The van der Waals surface area contributed by atoms with E-state index in [1.165, 1.54) is 0 Å². The number of aliphatic carboxylic acids is 1. The van der Waals surface area contributed by atoms with Gasteiger partial charge in [0.25, 0.3) is 0 Å². The Kier molecular flexibility index (Phi) is 6.27. The summed E-state index contributed by atoms with van der Waals surface area (Å²) in [4.78, 5) is 10.1. The van der Waals surface area contributed by atoms with Gasteiger partial charge in [0.05, 0.1) is 0 Å². The summed E-state index contributed by atoms with van der Waals surface area (Å²) < 4.78 is 0. The molecule has 0 aromatic rings. The smallest absolute Gasteiger partial charge is 0.320 e. The molecular weight excluding hydrogens is 274 g/mol. The maximum Gasteiger partial charge on any atom is 0.320 e. The van der Waals surface area contributed by atoms with Gasteiger partial charge in [-0.05, 0) is 19.4 Å². The minimum atomic E-state index is -1.64. The van der Waals surface area contributed by atoms with Gasteiger partial charge in [0.2, 0.25) is 0 Å². The van der Waals surface area contributed by atoms with E-state index in [-0.39, 0.29) is 6.04 Å². The summed E-state index contributed by atoms with van der Waals surface area (Å²) in [5.41, 5.74) is 0. The summed E-state index contributed by atoms with van der Waals surface area (Å²) in [5.74, 6) is -0.720. The SMILES string of the molecule is O=C(O)C1CCCN1.OC1C(O)C(O)C(O)C(O)C1O. The normalized spacial score (nSPS) is 44.6. The van der Waals surface area contributed by atoms with Crippen molar-refractivity contribution in [3.8, 4) is 0 Å². The van der Waals surface area contributed by atoms with Crippen molar-refractivity contribution in [1.82, 2.24) is 5.32 Å². The molecule has 9 heteroatoms. The van der Waals surface area contributed by atoms with Crippen molar-refractivity contribution in [3.63, 3.8) is 0 Å². The lowest BCUT2D eigenvalue weighted by Gasteiger charge is -2.39. The van der Waals surface area contributed by atoms with Gasteiger partial charge in [-0.3, -0.25) is 4.79 Å². The molecule has 0 radical (unpaired) electrons. The lowest BCUT2D eigenvalue weighted by atomic mass is 9.85. The number of carboxylic acid groups (broad SMARTS) is 1. The van der Waals surface area contributed by atoms with Crippen LogP contribution in [-0.2, 0) is 4.79 Å². The number of aliphatic hydroxyl groups is 6. The van der Waals surface area contributed by atoms with Crippen LogP contribution in [0.2, 0.25) is 0 Å². The monoisotopic (exact) mass is 295 g/mol. The molecule has 1 saturated heterocycles. The van der Waals surface area contributed by atoms with Gasteiger partial charge in [0, 0.05) is 0 Å². The Bertz CT molecular complexity index is 263. The average molecular weight is 295 g/mol. The molecule has 1 aliphatic carbocycles. The standard InChI is InChI=1S/C6H12O6.C5H9NO2/c7-1-2(8)4(10)6(12)5(11)3(1)9;7-5(8)4-2-1-3-6-4/h1-12H;4,6H,1-3H2,(H,7,8). The Morgan fingerprint density at radius 3 is 1.30 bits per heavy atom. The topological polar surface area (TPSA) is 171 Å². The molecule has 0 aromatic heterocycles. The summed E-state index contributed by atoms with van der Waals surface area (Å²) >= 11 is 0. The first-order chi connectivity index (χ1) is 9.27. The fourth-order valence-corrected chi connectivity index (χ4v) is 2.11. The van der Waals surface area contributed by atoms with Crippen molar-refractivity contribution in [2.75, 3.05) is 6.54 Å². The molecule has 0 aromatic carbocycles. The summed E-state index contributed by atoms with van der Waals surface area (Å²) in [5, 5.41) is 65.0. The van der Waals surface area contributed by atoms with E-state index in [9.17, 15) is 4.79 Å². The third-order valence-electron chi connectivity index (χ3n) is 3.46. The molecule has 2 aliphatic rings. The Hall–Kier alpha value is -0.810. The molecule has 0 bridgehead atoms. The molecule has 2 fully saturated rings. The molecule has 0 spiro atoms. The third-order valence-corrected chi connectivity index (χ3v) is 3.46.